The highest BCUT2D eigenvalue weighted by atomic mass is 32.2. The Kier molecular flexibility index (Phi) is 7.29. The zero-order valence-electron chi connectivity index (χ0n) is 19.1. The summed E-state index contributed by atoms with van der Waals surface area (Å²) in [7, 11) is 1.67. The number of rotatable bonds is 10. The minimum Gasteiger partial charge on any atom is -0.497 e. The first-order chi connectivity index (χ1) is 15.9. The molecule has 0 fully saturated rings. The van der Waals surface area contributed by atoms with Crippen LogP contribution in [0.25, 0.3) is 0 Å². The predicted molar refractivity (Wildman–Crippen MR) is 130 cm³/mol. The van der Waals surface area contributed by atoms with E-state index in [1.807, 2.05) is 44.4 Å². The minimum atomic E-state index is 0.0543. The van der Waals surface area contributed by atoms with Gasteiger partial charge in [-0.25, -0.2) is 4.98 Å². The lowest BCUT2D eigenvalue weighted by atomic mass is 10.1. The van der Waals surface area contributed by atoms with Crippen molar-refractivity contribution in [3.63, 3.8) is 0 Å². The fraction of sp³-hybridized carbons (Fsp3) is 0.333. The van der Waals surface area contributed by atoms with Gasteiger partial charge in [0.25, 0.3) is 5.22 Å². The van der Waals surface area contributed by atoms with Crippen LogP contribution in [0.1, 0.15) is 43.9 Å². The Bertz CT molecular complexity index is 1240. The van der Waals surface area contributed by atoms with Gasteiger partial charge in [-0.3, -0.25) is 4.79 Å². The van der Waals surface area contributed by atoms with Crippen molar-refractivity contribution in [2.45, 2.75) is 45.4 Å². The number of hydrogen-bond acceptors (Lipinski definition) is 8. The maximum Gasteiger partial charge on any atom is 0.277 e. The molecule has 0 saturated heterocycles. The predicted octanol–water partition coefficient (Wildman–Crippen LogP) is 5.07. The van der Waals surface area contributed by atoms with E-state index in [9.17, 15) is 4.79 Å². The van der Waals surface area contributed by atoms with Gasteiger partial charge >= 0.3 is 0 Å². The molecule has 4 aromatic rings. The molecule has 0 unspecified atom stereocenters. The molecule has 9 heteroatoms. The topological polar surface area (TPSA) is 83.0 Å². The third-order valence-electron chi connectivity index (χ3n) is 5.43. The standard InChI is InChI=1S/C24H26N4O3S2/c1-15-11-21(16(2)28(15)10-9-18-5-7-20(30-4)8-6-18)22(29)14-33-24-27-26-23(31-24)12-19-13-32-17(3)25-19/h5-8,11,13H,9-10,12,14H2,1-4H3. The normalized spacial score (nSPS) is 11.2. The number of ether oxygens (including phenoxy) is 1. The van der Waals surface area contributed by atoms with Crippen LogP contribution in [0.3, 0.4) is 0 Å². The molecule has 0 amide bonds. The van der Waals surface area contributed by atoms with Crippen LogP contribution >= 0.6 is 23.1 Å². The lowest BCUT2D eigenvalue weighted by Gasteiger charge is -2.10. The molecule has 4 rings (SSSR count). The summed E-state index contributed by atoms with van der Waals surface area (Å²) < 4.78 is 13.1. The maximum atomic E-state index is 12.9. The fourth-order valence-corrected chi connectivity index (χ4v) is 4.95. The van der Waals surface area contributed by atoms with Gasteiger partial charge in [-0.2, -0.15) is 0 Å². The SMILES string of the molecule is COc1ccc(CCn2c(C)cc(C(=O)CSc3nnc(Cc4csc(C)n4)o3)c2C)cc1. The van der Waals surface area contributed by atoms with Crippen LogP contribution < -0.4 is 4.74 Å². The van der Waals surface area contributed by atoms with E-state index in [1.165, 1.54) is 17.3 Å². The lowest BCUT2D eigenvalue weighted by molar-refractivity contribution is 0.102. The number of aromatic nitrogens is 4. The third kappa shape index (κ3) is 5.72. The molecule has 0 bridgehead atoms. The van der Waals surface area contributed by atoms with E-state index in [1.54, 1.807) is 18.4 Å². The van der Waals surface area contributed by atoms with Gasteiger partial charge in [-0.05, 0) is 51.0 Å². The van der Waals surface area contributed by atoms with Crippen molar-refractivity contribution in [1.29, 1.82) is 0 Å². The first-order valence-electron chi connectivity index (χ1n) is 10.6. The van der Waals surface area contributed by atoms with Crippen molar-refractivity contribution in [2.75, 3.05) is 12.9 Å². The number of aryl methyl sites for hydroxylation is 3. The molecule has 0 N–H and O–H groups in total. The van der Waals surface area contributed by atoms with Gasteiger partial charge in [0.05, 0.1) is 30.0 Å². The highest BCUT2D eigenvalue weighted by Gasteiger charge is 2.18. The average Bonchev–Trinajstić information content (AvgIpc) is 3.51. The van der Waals surface area contributed by atoms with E-state index in [4.69, 9.17) is 9.15 Å². The van der Waals surface area contributed by atoms with E-state index >= 15 is 0 Å². The Morgan fingerprint density at radius 1 is 1.18 bits per heavy atom. The van der Waals surface area contributed by atoms with Crippen LogP contribution in [0.15, 0.2) is 45.4 Å². The second-order valence-corrected chi connectivity index (χ2v) is 9.73. The smallest absolute Gasteiger partial charge is 0.277 e. The van der Waals surface area contributed by atoms with E-state index in [-0.39, 0.29) is 11.5 Å². The summed E-state index contributed by atoms with van der Waals surface area (Å²) in [4.78, 5) is 17.3. The summed E-state index contributed by atoms with van der Waals surface area (Å²) in [5, 5.41) is 11.5. The molecule has 0 spiro atoms. The highest BCUT2D eigenvalue weighted by molar-refractivity contribution is 7.99. The van der Waals surface area contributed by atoms with Crippen LogP contribution in [-0.4, -0.2) is 38.4 Å². The number of nitrogens with zero attached hydrogens (tertiary/aromatic N) is 4. The van der Waals surface area contributed by atoms with Crippen LogP contribution in [-0.2, 0) is 19.4 Å². The molecular weight excluding hydrogens is 456 g/mol. The van der Waals surface area contributed by atoms with Crippen LogP contribution in [0.5, 0.6) is 5.75 Å². The Morgan fingerprint density at radius 2 is 1.97 bits per heavy atom. The van der Waals surface area contributed by atoms with Crippen molar-refractivity contribution in [3.8, 4) is 5.75 Å². The summed E-state index contributed by atoms with van der Waals surface area (Å²) in [5.74, 6) is 1.66. The number of carbonyl (C=O) groups excluding carboxylic acids is 1. The summed E-state index contributed by atoms with van der Waals surface area (Å²) in [6, 6.07) is 10.1. The molecular formula is C24H26N4O3S2. The summed E-state index contributed by atoms with van der Waals surface area (Å²) >= 11 is 2.86. The van der Waals surface area contributed by atoms with Gasteiger partial charge < -0.3 is 13.7 Å². The van der Waals surface area contributed by atoms with Crippen molar-refractivity contribution in [1.82, 2.24) is 19.7 Å². The number of carbonyl (C=O) groups is 1. The first-order valence-corrected chi connectivity index (χ1v) is 12.5. The van der Waals surface area contributed by atoms with Crippen LogP contribution in [0.2, 0.25) is 0 Å². The Hall–Kier alpha value is -2.91. The van der Waals surface area contributed by atoms with Gasteiger partial charge in [0, 0.05) is 28.9 Å². The van der Waals surface area contributed by atoms with Crippen molar-refractivity contribution in [3.05, 3.63) is 74.8 Å². The average molecular weight is 483 g/mol. The van der Waals surface area contributed by atoms with Gasteiger partial charge in [0.1, 0.15) is 5.75 Å². The summed E-state index contributed by atoms with van der Waals surface area (Å²) in [5.41, 5.74) is 4.94. The van der Waals surface area contributed by atoms with Crippen molar-refractivity contribution >= 4 is 28.9 Å². The van der Waals surface area contributed by atoms with E-state index in [0.717, 1.165) is 46.4 Å². The second-order valence-electron chi connectivity index (χ2n) is 7.74. The first kappa shape index (κ1) is 23.3. The van der Waals surface area contributed by atoms with Gasteiger partial charge in [-0.15, -0.1) is 21.5 Å². The zero-order chi connectivity index (χ0) is 23.4. The number of benzene rings is 1. The molecule has 0 atom stereocenters. The highest BCUT2D eigenvalue weighted by Crippen LogP contribution is 2.23. The Labute approximate surface area is 201 Å². The molecule has 7 nitrogen and oxygen atoms in total. The molecule has 172 valence electrons. The quantitative estimate of drug-likeness (QED) is 0.230. The monoisotopic (exact) mass is 482 g/mol. The molecule has 3 heterocycles. The molecule has 3 aromatic heterocycles. The van der Waals surface area contributed by atoms with Gasteiger partial charge in [0.2, 0.25) is 5.89 Å². The summed E-state index contributed by atoms with van der Waals surface area (Å²) in [6.07, 6.45) is 1.38. The fourth-order valence-electron chi connectivity index (χ4n) is 3.68. The number of hydrogen-bond donors (Lipinski definition) is 0. The van der Waals surface area contributed by atoms with Crippen molar-refractivity contribution in [2.24, 2.45) is 0 Å². The molecule has 1 aromatic carbocycles. The van der Waals surface area contributed by atoms with Gasteiger partial charge in [0.15, 0.2) is 5.78 Å². The molecule has 0 aliphatic heterocycles. The Morgan fingerprint density at radius 3 is 2.67 bits per heavy atom. The third-order valence-corrected chi connectivity index (χ3v) is 7.07. The second kappa shape index (κ2) is 10.4. The number of thioether (sulfide) groups is 1. The summed E-state index contributed by atoms with van der Waals surface area (Å²) in [6.45, 7) is 6.81. The van der Waals surface area contributed by atoms with Crippen molar-refractivity contribution < 1.29 is 13.9 Å². The van der Waals surface area contributed by atoms with E-state index < -0.39 is 0 Å². The minimum absolute atomic E-state index is 0.0543. The molecule has 33 heavy (non-hydrogen) atoms. The number of Topliss-reactive ketones (excluding diaryl/α,β-unsaturated/α-hetero) is 1. The zero-order valence-corrected chi connectivity index (χ0v) is 20.8. The largest absolute Gasteiger partial charge is 0.497 e. The molecule has 0 saturated carbocycles. The van der Waals surface area contributed by atoms with Crippen LogP contribution in [0, 0.1) is 20.8 Å². The molecule has 0 radical (unpaired) electrons. The lowest BCUT2D eigenvalue weighted by Crippen LogP contribution is -2.08. The van der Waals surface area contributed by atoms with Crippen LogP contribution in [0.4, 0.5) is 0 Å². The van der Waals surface area contributed by atoms with E-state index in [2.05, 4.69) is 31.9 Å². The Balaban J connectivity index is 1.34. The maximum absolute atomic E-state index is 12.9. The van der Waals surface area contributed by atoms with E-state index in [0.29, 0.717) is 17.5 Å². The number of ketones is 1. The molecule has 0 aliphatic rings. The number of methoxy groups -OCH3 is 1. The van der Waals surface area contributed by atoms with Gasteiger partial charge in [-0.1, -0.05) is 23.9 Å². The molecule has 0 aliphatic carbocycles. The number of thiazole rings is 1.